The minimum Gasteiger partial charge on any atom is -0.656 e. The van der Waals surface area contributed by atoms with Crippen LogP contribution in [0.1, 0.15) is 25.5 Å². The molecule has 0 aliphatic heterocycles. The molecule has 2 aromatic heterocycles. The van der Waals surface area contributed by atoms with Crippen molar-refractivity contribution in [1.82, 2.24) is 9.97 Å². The van der Waals surface area contributed by atoms with E-state index in [0.717, 1.165) is 35.1 Å². The molecule has 0 N–H and O–H groups in total. The predicted molar refractivity (Wildman–Crippen MR) is 64.0 cm³/mol. The Morgan fingerprint density at radius 1 is 1.50 bits per heavy atom. The summed E-state index contributed by atoms with van der Waals surface area (Å²) >= 11 is 5.81. The molecule has 0 aliphatic carbocycles. The molecule has 0 bridgehead atoms. The summed E-state index contributed by atoms with van der Waals surface area (Å²) in [4.78, 5) is 8.65. The molecule has 0 fully saturated rings. The third kappa shape index (κ3) is 2.77. The number of aromatic nitrogens is 2. The van der Waals surface area contributed by atoms with Gasteiger partial charge in [0.15, 0.2) is 0 Å². The van der Waals surface area contributed by atoms with Crippen LogP contribution in [0.4, 0.5) is 0 Å². The summed E-state index contributed by atoms with van der Waals surface area (Å²) in [6, 6.07) is 5.58. The van der Waals surface area contributed by atoms with E-state index >= 15 is 0 Å². The quantitative estimate of drug-likeness (QED) is 0.735. The Kier molecular flexibility index (Phi) is 4.81. The smallest absolute Gasteiger partial charge is 0.129 e. The minimum absolute atomic E-state index is 0. The monoisotopic (exact) mass is 400 g/mol. The van der Waals surface area contributed by atoms with Crippen LogP contribution in [-0.4, -0.2) is 4.98 Å². The van der Waals surface area contributed by atoms with E-state index in [2.05, 4.69) is 23.5 Å². The molecule has 0 unspecified atom stereocenters. The maximum absolute atomic E-state index is 5.81. The van der Waals surface area contributed by atoms with E-state index in [-0.39, 0.29) is 22.4 Å². The molecule has 2 heterocycles. The maximum Gasteiger partial charge on any atom is 0.129 e. The summed E-state index contributed by atoms with van der Waals surface area (Å²) in [6.45, 7) is 6.14. The molecule has 2 aromatic rings. The standard InChI is InChI=1S/C12H12ClN2.Ta/c1-3-4-8(2)10-7-11-9(14-10)5-6-12(13)15-11;/h5-7H,2-4H2,1H3;/q-1;. The summed E-state index contributed by atoms with van der Waals surface area (Å²) in [5.41, 5.74) is 3.72. The second-order valence-electron chi connectivity index (χ2n) is 3.53. The third-order valence-corrected chi connectivity index (χ3v) is 2.51. The number of nitrogens with zero attached hydrogens (tertiary/aromatic N) is 2. The number of hydrogen-bond acceptors (Lipinski definition) is 1. The van der Waals surface area contributed by atoms with Crippen LogP contribution in [0.3, 0.4) is 0 Å². The summed E-state index contributed by atoms with van der Waals surface area (Å²) < 4.78 is 0. The van der Waals surface area contributed by atoms with Gasteiger partial charge in [0.05, 0.1) is 0 Å². The molecule has 83 valence electrons. The van der Waals surface area contributed by atoms with Crippen LogP contribution >= 0.6 is 11.6 Å². The van der Waals surface area contributed by atoms with Crippen LogP contribution in [0.2, 0.25) is 5.15 Å². The van der Waals surface area contributed by atoms with Crippen molar-refractivity contribution in [2.45, 2.75) is 19.8 Å². The fourth-order valence-electron chi connectivity index (χ4n) is 1.55. The van der Waals surface area contributed by atoms with Crippen molar-refractivity contribution in [3.05, 3.63) is 35.6 Å². The molecule has 4 heteroatoms. The van der Waals surface area contributed by atoms with E-state index in [9.17, 15) is 0 Å². The summed E-state index contributed by atoms with van der Waals surface area (Å²) in [5, 5.41) is 0.502. The van der Waals surface area contributed by atoms with E-state index in [4.69, 9.17) is 11.6 Å². The summed E-state index contributed by atoms with van der Waals surface area (Å²) in [7, 11) is 0. The van der Waals surface area contributed by atoms with Crippen LogP contribution in [0.5, 0.6) is 0 Å². The normalized spacial score (nSPS) is 10.1. The SMILES string of the molecule is C=C(CCC)c1cc2nc(Cl)ccc2[n-]1.[Ta]. The molecule has 0 amide bonds. The van der Waals surface area contributed by atoms with Gasteiger partial charge in [0, 0.05) is 27.9 Å². The van der Waals surface area contributed by atoms with Gasteiger partial charge in [0.2, 0.25) is 0 Å². The van der Waals surface area contributed by atoms with Crippen LogP contribution in [0, 0.1) is 0 Å². The first kappa shape index (κ1) is 13.5. The van der Waals surface area contributed by atoms with Gasteiger partial charge in [-0.15, -0.1) is 11.2 Å². The zero-order valence-corrected chi connectivity index (χ0v) is 13.0. The van der Waals surface area contributed by atoms with Gasteiger partial charge in [-0.3, -0.25) is 0 Å². The first-order valence-electron chi connectivity index (χ1n) is 4.99. The zero-order valence-electron chi connectivity index (χ0n) is 9.07. The Morgan fingerprint density at radius 3 is 2.94 bits per heavy atom. The van der Waals surface area contributed by atoms with Gasteiger partial charge in [0.1, 0.15) is 5.15 Å². The number of allylic oxidation sites excluding steroid dienone is 1. The second-order valence-corrected chi connectivity index (χ2v) is 3.92. The average molecular weight is 401 g/mol. The Morgan fingerprint density at radius 2 is 2.25 bits per heavy atom. The molecular formula is C12H12ClN2Ta-. The first-order valence-corrected chi connectivity index (χ1v) is 5.36. The van der Waals surface area contributed by atoms with Crippen LogP contribution in [-0.2, 0) is 22.4 Å². The van der Waals surface area contributed by atoms with Crippen LogP contribution in [0.25, 0.3) is 16.6 Å². The van der Waals surface area contributed by atoms with Crippen molar-refractivity contribution >= 4 is 28.2 Å². The van der Waals surface area contributed by atoms with Crippen molar-refractivity contribution < 1.29 is 22.4 Å². The second kappa shape index (κ2) is 5.69. The molecule has 0 saturated carbocycles. The van der Waals surface area contributed by atoms with E-state index in [1.807, 2.05) is 12.1 Å². The molecule has 2 nitrogen and oxygen atoms in total. The Labute approximate surface area is 116 Å². The zero-order chi connectivity index (χ0) is 10.8. The first-order chi connectivity index (χ1) is 7.20. The molecule has 0 aromatic carbocycles. The van der Waals surface area contributed by atoms with Crippen molar-refractivity contribution in [2.75, 3.05) is 0 Å². The van der Waals surface area contributed by atoms with E-state index in [1.54, 1.807) is 6.07 Å². The van der Waals surface area contributed by atoms with E-state index in [1.165, 1.54) is 0 Å². The number of pyridine rings is 1. The molecule has 16 heavy (non-hydrogen) atoms. The van der Waals surface area contributed by atoms with Gasteiger partial charge >= 0.3 is 0 Å². The predicted octanol–water partition coefficient (Wildman–Crippen LogP) is 3.66. The topological polar surface area (TPSA) is 27.0 Å². The molecular weight excluding hydrogens is 389 g/mol. The average Bonchev–Trinajstić information content (AvgIpc) is 2.60. The molecule has 2 rings (SSSR count). The van der Waals surface area contributed by atoms with Gasteiger partial charge in [-0.2, -0.15) is 0 Å². The molecule has 1 radical (unpaired) electrons. The minimum atomic E-state index is 0. The molecule has 0 atom stereocenters. The fraction of sp³-hybridized carbons (Fsp3) is 0.250. The van der Waals surface area contributed by atoms with E-state index in [0.29, 0.717) is 5.15 Å². The largest absolute Gasteiger partial charge is 0.656 e. The number of fused-ring (bicyclic) bond motifs is 1. The molecule has 0 saturated heterocycles. The molecule has 0 aliphatic rings. The van der Waals surface area contributed by atoms with E-state index < -0.39 is 0 Å². The van der Waals surface area contributed by atoms with Crippen molar-refractivity contribution in [1.29, 1.82) is 0 Å². The fourth-order valence-corrected chi connectivity index (χ4v) is 1.70. The van der Waals surface area contributed by atoms with Crippen LogP contribution < -0.4 is 4.98 Å². The van der Waals surface area contributed by atoms with Crippen molar-refractivity contribution in [3.63, 3.8) is 0 Å². The Balaban J connectivity index is 0.00000128. The summed E-state index contributed by atoms with van der Waals surface area (Å²) in [6.07, 6.45) is 2.05. The van der Waals surface area contributed by atoms with Gasteiger partial charge in [-0.25, -0.2) is 4.98 Å². The number of halogens is 1. The van der Waals surface area contributed by atoms with Gasteiger partial charge < -0.3 is 4.98 Å². The number of hydrogen-bond donors (Lipinski definition) is 0. The van der Waals surface area contributed by atoms with Gasteiger partial charge in [-0.05, 0) is 12.5 Å². The molecule has 0 spiro atoms. The van der Waals surface area contributed by atoms with Crippen molar-refractivity contribution in [3.8, 4) is 0 Å². The summed E-state index contributed by atoms with van der Waals surface area (Å²) in [5.74, 6) is 0. The maximum atomic E-state index is 5.81. The van der Waals surface area contributed by atoms with Crippen molar-refractivity contribution in [2.24, 2.45) is 0 Å². The van der Waals surface area contributed by atoms with Gasteiger partial charge in [-0.1, -0.05) is 49.2 Å². The number of rotatable bonds is 3. The van der Waals surface area contributed by atoms with Crippen LogP contribution in [0.15, 0.2) is 24.8 Å². The Bertz CT molecular complexity index is 505. The third-order valence-electron chi connectivity index (χ3n) is 2.30. The van der Waals surface area contributed by atoms with Gasteiger partial charge in [0.25, 0.3) is 0 Å². The Hall–Kier alpha value is -0.540.